The van der Waals surface area contributed by atoms with Crippen molar-refractivity contribution in [1.82, 2.24) is 0 Å². The van der Waals surface area contributed by atoms with Crippen LogP contribution in [0.1, 0.15) is 31.7 Å². The summed E-state index contributed by atoms with van der Waals surface area (Å²) in [5.74, 6) is -0.592. The number of ether oxygens (including phenoxy) is 1. The van der Waals surface area contributed by atoms with Gasteiger partial charge in [0, 0.05) is 12.8 Å². The number of hydrogen-bond acceptors (Lipinski definition) is 3. The molecule has 3 heteroatoms. The van der Waals surface area contributed by atoms with Crippen LogP contribution in [0.4, 0.5) is 0 Å². The van der Waals surface area contributed by atoms with E-state index in [1.54, 1.807) is 0 Å². The van der Waals surface area contributed by atoms with Crippen molar-refractivity contribution >= 4 is 22.5 Å². The average molecular weight is 298 g/mol. The molecular weight excluding hydrogens is 276 g/mol. The summed E-state index contributed by atoms with van der Waals surface area (Å²) in [6, 6.07) is 14.1. The minimum Gasteiger partial charge on any atom is -0.469 e. The van der Waals surface area contributed by atoms with Gasteiger partial charge in [-0.1, -0.05) is 49.4 Å². The van der Waals surface area contributed by atoms with Crippen LogP contribution >= 0.6 is 0 Å². The zero-order chi connectivity index (χ0) is 15.9. The van der Waals surface area contributed by atoms with Crippen molar-refractivity contribution in [3.05, 3.63) is 48.0 Å². The van der Waals surface area contributed by atoms with E-state index in [-0.39, 0.29) is 18.2 Å². The molecular formula is C19H22O3. The minimum atomic E-state index is -0.408. The van der Waals surface area contributed by atoms with Gasteiger partial charge in [0.05, 0.1) is 13.0 Å². The van der Waals surface area contributed by atoms with Gasteiger partial charge in [0.2, 0.25) is 0 Å². The zero-order valence-electron chi connectivity index (χ0n) is 13.2. The van der Waals surface area contributed by atoms with Gasteiger partial charge in [-0.15, -0.1) is 0 Å². The lowest BCUT2D eigenvalue weighted by molar-refractivity contribution is -0.147. The molecule has 0 amide bonds. The Morgan fingerprint density at radius 1 is 1.09 bits per heavy atom. The molecule has 0 spiro atoms. The Kier molecular flexibility index (Phi) is 5.70. The minimum absolute atomic E-state index is 0.123. The Labute approximate surface area is 131 Å². The predicted octanol–water partition coefficient (Wildman–Crippen LogP) is 3.93. The molecule has 0 aliphatic carbocycles. The standard InChI is InChI=1S/C19H22O3/c1-3-7-17(20)13-16(19(21)22-2)12-15-10-6-9-14-8-4-5-11-18(14)15/h4-6,8-11,16H,3,7,12-13H2,1-2H3. The van der Waals surface area contributed by atoms with Crippen molar-refractivity contribution in [3.63, 3.8) is 0 Å². The number of hydrogen-bond donors (Lipinski definition) is 0. The van der Waals surface area contributed by atoms with Crippen LogP contribution in [0.15, 0.2) is 42.5 Å². The van der Waals surface area contributed by atoms with Crippen LogP contribution in [-0.4, -0.2) is 18.9 Å². The van der Waals surface area contributed by atoms with E-state index in [2.05, 4.69) is 0 Å². The number of fused-ring (bicyclic) bond motifs is 1. The molecule has 0 saturated carbocycles. The highest BCUT2D eigenvalue weighted by molar-refractivity contribution is 5.88. The fourth-order valence-electron chi connectivity index (χ4n) is 2.80. The molecule has 0 bridgehead atoms. The number of Topliss-reactive ketones (excluding diaryl/α,β-unsaturated/α-hetero) is 1. The Morgan fingerprint density at radius 2 is 1.82 bits per heavy atom. The Balaban J connectivity index is 2.25. The first kappa shape index (κ1) is 16.2. The molecule has 1 atom stereocenters. The smallest absolute Gasteiger partial charge is 0.309 e. The van der Waals surface area contributed by atoms with Gasteiger partial charge in [0.25, 0.3) is 0 Å². The molecule has 1 unspecified atom stereocenters. The van der Waals surface area contributed by atoms with Crippen molar-refractivity contribution in [1.29, 1.82) is 0 Å². The molecule has 3 nitrogen and oxygen atoms in total. The summed E-state index contributed by atoms with van der Waals surface area (Å²) in [6.45, 7) is 1.97. The second-order valence-electron chi connectivity index (χ2n) is 5.56. The van der Waals surface area contributed by atoms with Crippen LogP contribution in [0.25, 0.3) is 10.8 Å². The van der Waals surface area contributed by atoms with Crippen LogP contribution in [0.3, 0.4) is 0 Å². The summed E-state index contributed by atoms with van der Waals surface area (Å²) >= 11 is 0. The molecule has 22 heavy (non-hydrogen) atoms. The van der Waals surface area contributed by atoms with Gasteiger partial charge in [-0.3, -0.25) is 9.59 Å². The molecule has 0 aliphatic rings. The predicted molar refractivity (Wildman–Crippen MR) is 87.7 cm³/mol. The van der Waals surface area contributed by atoms with Crippen LogP contribution in [0.5, 0.6) is 0 Å². The molecule has 0 saturated heterocycles. The van der Waals surface area contributed by atoms with Gasteiger partial charge in [0.15, 0.2) is 0 Å². The molecule has 0 N–H and O–H groups in total. The van der Waals surface area contributed by atoms with Crippen molar-refractivity contribution in [2.24, 2.45) is 5.92 Å². The lowest BCUT2D eigenvalue weighted by atomic mass is 9.90. The molecule has 0 aliphatic heterocycles. The maximum atomic E-state index is 12.0. The molecule has 2 aromatic carbocycles. The van der Waals surface area contributed by atoms with E-state index in [0.29, 0.717) is 12.8 Å². The van der Waals surface area contributed by atoms with Gasteiger partial charge in [-0.2, -0.15) is 0 Å². The summed E-state index contributed by atoms with van der Waals surface area (Å²) in [6.07, 6.45) is 2.11. The van der Waals surface area contributed by atoms with E-state index < -0.39 is 5.92 Å². The van der Waals surface area contributed by atoms with Gasteiger partial charge in [0.1, 0.15) is 5.78 Å². The van der Waals surface area contributed by atoms with Crippen LogP contribution in [0.2, 0.25) is 0 Å². The highest BCUT2D eigenvalue weighted by Gasteiger charge is 2.23. The maximum Gasteiger partial charge on any atom is 0.309 e. The third-order valence-electron chi connectivity index (χ3n) is 3.88. The molecule has 0 radical (unpaired) electrons. The summed E-state index contributed by atoms with van der Waals surface area (Å²) in [5, 5.41) is 2.27. The highest BCUT2D eigenvalue weighted by Crippen LogP contribution is 2.23. The summed E-state index contributed by atoms with van der Waals surface area (Å²) in [7, 11) is 1.38. The second-order valence-corrected chi connectivity index (χ2v) is 5.56. The Morgan fingerprint density at radius 3 is 2.55 bits per heavy atom. The fourth-order valence-corrected chi connectivity index (χ4v) is 2.80. The topological polar surface area (TPSA) is 43.4 Å². The van der Waals surface area contributed by atoms with E-state index in [0.717, 1.165) is 22.8 Å². The lowest BCUT2D eigenvalue weighted by Gasteiger charge is -2.15. The first-order chi connectivity index (χ1) is 10.7. The SMILES string of the molecule is CCCC(=O)CC(Cc1cccc2ccccc12)C(=O)OC. The van der Waals surface area contributed by atoms with E-state index >= 15 is 0 Å². The lowest BCUT2D eigenvalue weighted by Crippen LogP contribution is -2.22. The van der Waals surface area contributed by atoms with Crippen LogP contribution in [-0.2, 0) is 20.7 Å². The molecule has 0 heterocycles. The van der Waals surface area contributed by atoms with Crippen molar-refractivity contribution in [3.8, 4) is 0 Å². The highest BCUT2D eigenvalue weighted by atomic mass is 16.5. The van der Waals surface area contributed by atoms with E-state index in [9.17, 15) is 9.59 Å². The van der Waals surface area contributed by atoms with Crippen molar-refractivity contribution in [2.75, 3.05) is 7.11 Å². The number of carbonyl (C=O) groups excluding carboxylic acids is 2. The van der Waals surface area contributed by atoms with E-state index in [1.165, 1.54) is 7.11 Å². The van der Waals surface area contributed by atoms with Crippen molar-refractivity contribution < 1.29 is 14.3 Å². The summed E-state index contributed by atoms with van der Waals surface area (Å²) < 4.78 is 4.88. The largest absolute Gasteiger partial charge is 0.469 e. The first-order valence-corrected chi connectivity index (χ1v) is 7.71. The average Bonchev–Trinajstić information content (AvgIpc) is 2.54. The summed E-state index contributed by atoms with van der Waals surface area (Å²) in [4.78, 5) is 23.9. The molecule has 0 fully saturated rings. The van der Waals surface area contributed by atoms with Gasteiger partial charge in [-0.25, -0.2) is 0 Å². The maximum absolute atomic E-state index is 12.0. The van der Waals surface area contributed by atoms with Crippen LogP contribution in [0, 0.1) is 5.92 Å². The zero-order valence-corrected chi connectivity index (χ0v) is 13.2. The van der Waals surface area contributed by atoms with Gasteiger partial charge < -0.3 is 4.74 Å². The monoisotopic (exact) mass is 298 g/mol. The van der Waals surface area contributed by atoms with Gasteiger partial charge in [-0.05, 0) is 29.2 Å². The molecule has 116 valence electrons. The number of carbonyl (C=O) groups is 2. The van der Waals surface area contributed by atoms with E-state index in [4.69, 9.17) is 4.74 Å². The third kappa shape index (κ3) is 3.94. The Bertz CT molecular complexity index is 655. The van der Waals surface area contributed by atoms with Gasteiger partial charge >= 0.3 is 5.97 Å². The van der Waals surface area contributed by atoms with E-state index in [1.807, 2.05) is 49.4 Å². The number of ketones is 1. The number of esters is 1. The quantitative estimate of drug-likeness (QED) is 0.727. The first-order valence-electron chi connectivity index (χ1n) is 7.71. The fraction of sp³-hybridized carbons (Fsp3) is 0.368. The van der Waals surface area contributed by atoms with Crippen LogP contribution < -0.4 is 0 Å². The number of methoxy groups -OCH3 is 1. The number of rotatable bonds is 7. The normalized spacial score (nSPS) is 12.1. The molecule has 2 aromatic rings. The van der Waals surface area contributed by atoms with Crippen molar-refractivity contribution in [2.45, 2.75) is 32.6 Å². The number of benzene rings is 2. The summed E-state index contributed by atoms with van der Waals surface area (Å²) in [5.41, 5.74) is 1.08. The molecule has 2 rings (SSSR count). The molecule has 0 aromatic heterocycles. The second kappa shape index (κ2) is 7.74. The third-order valence-corrected chi connectivity index (χ3v) is 3.88. The Hall–Kier alpha value is -2.16.